The highest BCUT2D eigenvalue weighted by atomic mass is 17.3. The van der Waals surface area contributed by atoms with Crippen LogP contribution in [0.5, 0.6) is 0 Å². The Labute approximate surface area is 103 Å². The lowest BCUT2D eigenvalue weighted by Gasteiger charge is -2.44. The Morgan fingerprint density at radius 1 is 1.12 bits per heavy atom. The largest absolute Gasteiger partial charge is 0.343 e. The van der Waals surface area contributed by atoms with Crippen molar-refractivity contribution < 1.29 is 19.3 Å². The predicted molar refractivity (Wildman–Crippen MR) is 62.3 cm³/mol. The zero-order valence-corrected chi connectivity index (χ0v) is 10.6. The van der Waals surface area contributed by atoms with E-state index in [4.69, 9.17) is 14.5 Å². The molecule has 0 bridgehead atoms. The van der Waals surface area contributed by atoms with Crippen molar-refractivity contribution in [3.8, 4) is 0 Å². The van der Waals surface area contributed by atoms with Crippen LogP contribution in [0.1, 0.15) is 57.8 Å². The van der Waals surface area contributed by atoms with Crippen LogP contribution >= 0.6 is 0 Å². The number of carbonyl (C=O) groups excluding carboxylic acids is 1. The van der Waals surface area contributed by atoms with E-state index >= 15 is 0 Å². The molecule has 0 aromatic heterocycles. The summed E-state index contributed by atoms with van der Waals surface area (Å²) in [5.41, 5.74) is 0. The van der Waals surface area contributed by atoms with E-state index in [1.165, 1.54) is 32.8 Å². The molecule has 2 fully saturated rings. The quantitative estimate of drug-likeness (QED) is 0.663. The Morgan fingerprint density at radius 2 is 1.76 bits per heavy atom. The van der Waals surface area contributed by atoms with Crippen molar-refractivity contribution in [3.63, 3.8) is 0 Å². The van der Waals surface area contributed by atoms with Gasteiger partial charge in [0.05, 0.1) is 0 Å². The molecule has 0 aromatic carbocycles. The molecule has 2 atom stereocenters. The van der Waals surface area contributed by atoms with E-state index in [1.54, 1.807) is 0 Å². The average molecular weight is 242 g/mol. The van der Waals surface area contributed by atoms with Gasteiger partial charge in [-0.25, -0.2) is 4.89 Å². The van der Waals surface area contributed by atoms with Crippen molar-refractivity contribution in [2.75, 3.05) is 7.11 Å². The second-order valence-electron chi connectivity index (χ2n) is 4.98. The van der Waals surface area contributed by atoms with Crippen LogP contribution in [0.25, 0.3) is 0 Å². The predicted octanol–water partition coefficient (Wildman–Crippen LogP) is 2.75. The summed E-state index contributed by atoms with van der Waals surface area (Å²) in [5, 5.41) is 0. The summed E-state index contributed by atoms with van der Waals surface area (Å²) < 4.78 is 5.30. The number of ether oxygens (including phenoxy) is 1. The van der Waals surface area contributed by atoms with Crippen LogP contribution in [0.2, 0.25) is 0 Å². The summed E-state index contributed by atoms with van der Waals surface area (Å²) in [7, 11) is 1.53. The summed E-state index contributed by atoms with van der Waals surface area (Å²) in [6, 6.07) is 0. The molecule has 0 N–H and O–H groups in total. The van der Waals surface area contributed by atoms with E-state index in [-0.39, 0.29) is 11.9 Å². The second-order valence-corrected chi connectivity index (χ2v) is 4.98. The molecule has 0 aromatic rings. The maximum absolute atomic E-state index is 12.1. The molecular weight excluding hydrogens is 220 g/mol. The fourth-order valence-corrected chi connectivity index (χ4v) is 2.62. The third-order valence-electron chi connectivity index (χ3n) is 3.77. The molecule has 0 radical (unpaired) electrons. The molecule has 0 spiro atoms. The van der Waals surface area contributed by atoms with Gasteiger partial charge in [0.1, 0.15) is 0 Å². The van der Waals surface area contributed by atoms with E-state index in [0.29, 0.717) is 6.42 Å². The highest BCUT2D eigenvalue weighted by molar-refractivity contribution is 5.87. The Morgan fingerprint density at radius 3 is 2.35 bits per heavy atom. The van der Waals surface area contributed by atoms with Gasteiger partial charge in [-0.15, -0.1) is 0 Å². The first-order valence-electron chi connectivity index (χ1n) is 6.72. The summed E-state index contributed by atoms with van der Waals surface area (Å²) >= 11 is 0. The molecule has 4 nitrogen and oxygen atoms in total. The van der Waals surface area contributed by atoms with E-state index in [1.807, 2.05) is 0 Å². The molecule has 98 valence electrons. The second kappa shape index (κ2) is 5.94. The van der Waals surface area contributed by atoms with E-state index in [0.717, 1.165) is 25.7 Å². The number of hydrogen-bond donors (Lipinski definition) is 0. The van der Waals surface area contributed by atoms with Gasteiger partial charge in [0.15, 0.2) is 11.9 Å². The molecule has 0 amide bonds. The molecule has 1 saturated heterocycles. The van der Waals surface area contributed by atoms with Crippen LogP contribution in [0.3, 0.4) is 0 Å². The zero-order chi connectivity index (χ0) is 12.1. The number of Topliss-reactive ketones (excluding diaryl/α,β-unsaturated/α-hetero) is 1. The minimum absolute atomic E-state index is 0.0387. The van der Waals surface area contributed by atoms with Gasteiger partial charge in [-0.1, -0.05) is 38.5 Å². The van der Waals surface area contributed by atoms with Gasteiger partial charge in [-0.2, -0.15) is 4.89 Å². The number of rotatable bonds is 1. The topological polar surface area (TPSA) is 44.8 Å². The average Bonchev–Trinajstić information content (AvgIpc) is 2.30. The Kier molecular flexibility index (Phi) is 4.54. The summed E-state index contributed by atoms with van der Waals surface area (Å²) in [6.07, 6.45) is 9.30. The summed E-state index contributed by atoms with van der Waals surface area (Å²) in [4.78, 5) is 22.2. The molecule has 1 saturated carbocycles. The van der Waals surface area contributed by atoms with Crippen molar-refractivity contribution in [1.29, 1.82) is 0 Å². The third-order valence-corrected chi connectivity index (χ3v) is 3.77. The van der Waals surface area contributed by atoms with Crippen LogP contribution in [-0.4, -0.2) is 24.8 Å². The third kappa shape index (κ3) is 2.69. The number of methoxy groups -OCH3 is 1. The molecular formula is C13H22O4. The van der Waals surface area contributed by atoms with Gasteiger partial charge >= 0.3 is 0 Å². The van der Waals surface area contributed by atoms with Crippen LogP contribution in [0.15, 0.2) is 0 Å². The van der Waals surface area contributed by atoms with Crippen LogP contribution in [0.4, 0.5) is 0 Å². The van der Waals surface area contributed by atoms with Crippen LogP contribution in [-0.2, 0) is 19.3 Å². The molecule has 2 unspecified atom stereocenters. The first-order valence-corrected chi connectivity index (χ1v) is 6.72. The SMILES string of the molecule is COC12OOC1CCCCCCCCCC2=O. The van der Waals surface area contributed by atoms with Crippen molar-refractivity contribution in [1.82, 2.24) is 0 Å². The smallest absolute Gasteiger partial charge is 0.290 e. The summed E-state index contributed by atoms with van der Waals surface area (Å²) in [6.45, 7) is 0. The highest BCUT2D eigenvalue weighted by Crippen LogP contribution is 2.37. The van der Waals surface area contributed by atoms with E-state index in [2.05, 4.69) is 0 Å². The van der Waals surface area contributed by atoms with Gasteiger partial charge in [0.2, 0.25) is 0 Å². The van der Waals surface area contributed by atoms with E-state index < -0.39 is 5.79 Å². The monoisotopic (exact) mass is 242 g/mol. The maximum Gasteiger partial charge on any atom is 0.290 e. The number of hydrogen-bond acceptors (Lipinski definition) is 4. The zero-order valence-electron chi connectivity index (χ0n) is 10.6. The van der Waals surface area contributed by atoms with E-state index in [9.17, 15) is 4.79 Å². The number of fused-ring (bicyclic) bond motifs is 1. The van der Waals surface area contributed by atoms with Crippen molar-refractivity contribution in [2.45, 2.75) is 69.7 Å². The Hall–Kier alpha value is -0.450. The summed E-state index contributed by atoms with van der Waals surface area (Å²) in [5.74, 6) is -1.06. The molecule has 2 rings (SSSR count). The number of ketones is 1. The standard InChI is InChI=1S/C13H22O4/c1-15-13-11(14)9-7-5-3-2-4-6-8-10-12(13)16-17-13/h12H,2-10H2,1H3. The fourth-order valence-electron chi connectivity index (χ4n) is 2.62. The van der Waals surface area contributed by atoms with Crippen LogP contribution < -0.4 is 0 Å². The Balaban J connectivity index is 1.98. The lowest BCUT2D eigenvalue weighted by Crippen LogP contribution is -2.62. The fraction of sp³-hybridized carbons (Fsp3) is 0.923. The molecule has 2 aliphatic rings. The van der Waals surface area contributed by atoms with Gasteiger partial charge < -0.3 is 4.74 Å². The van der Waals surface area contributed by atoms with Gasteiger partial charge in [0.25, 0.3) is 5.79 Å². The highest BCUT2D eigenvalue weighted by Gasteiger charge is 2.57. The molecule has 17 heavy (non-hydrogen) atoms. The van der Waals surface area contributed by atoms with Gasteiger partial charge in [-0.3, -0.25) is 4.79 Å². The maximum atomic E-state index is 12.1. The molecule has 1 heterocycles. The molecule has 4 heteroatoms. The lowest BCUT2D eigenvalue weighted by atomic mass is 9.93. The number of carbonyl (C=O) groups is 1. The Bertz CT molecular complexity index is 262. The van der Waals surface area contributed by atoms with Crippen LogP contribution in [0, 0.1) is 0 Å². The van der Waals surface area contributed by atoms with Gasteiger partial charge in [-0.05, 0) is 12.8 Å². The van der Waals surface area contributed by atoms with Crippen molar-refractivity contribution in [2.24, 2.45) is 0 Å². The minimum atomic E-state index is -1.10. The lowest BCUT2D eigenvalue weighted by molar-refractivity contribution is -0.549. The van der Waals surface area contributed by atoms with Crippen molar-refractivity contribution >= 4 is 5.78 Å². The normalized spacial score (nSPS) is 36.3. The first-order chi connectivity index (χ1) is 8.29. The minimum Gasteiger partial charge on any atom is -0.343 e. The molecule has 1 aliphatic carbocycles. The van der Waals surface area contributed by atoms with Crippen molar-refractivity contribution in [3.05, 3.63) is 0 Å². The van der Waals surface area contributed by atoms with Gasteiger partial charge in [0, 0.05) is 13.5 Å². The molecule has 1 aliphatic heterocycles. The first kappa shape index (κ1) is 13.0.